The van der Waals surface area contributed by atoms with Gasteiger partial charge < -0.3 is 14.5 Å². The second-order valence-electron chi connectivity index (χ2n) is 7.52. The highest BCUT2D eigenvalue weighted by Gasteiger charge is 2.23. The summed E-state index contributed by atoms with van der Waals surface area (Å²) in [4.78, 5) is 12.7. The third-order valence-electron chi connectivity index (χ3n) is 4.24. The summed E-state index contributed by atoms with van der Waals surface area (Å²) in [7, 11) is 1.58. The summed E-state index contributed by atoms with van der Waals surface area (Å²) < 4.78 is 12.3. The summed E-state index contributed by atoms with van der Waals surface area (Å²) in [5, 5.41) is 7.67. The molecule has 3 rings (SSSR count). The second kappa shape index (κ2) is 7.40. The summed E-state index contributed by atoms with van der Waals surface area (Å²) in [5.41, 5.74) is 2.73. The molecule has 142 valence electrons. The Kier molecular flexibility index (Phi) is 5.19. The first kappa shape index (κ1) is 18.9. The van der Waals surface area contributed by atoms with E-state index < -0.39 is 0 Å². The van der Waals surface area contributed by atoms with Gasteiger partial charge in [0.2, 0.25) is 0 Å². The molecule has 6 heteroatoms. The fourth-order valence-electron chi connectivity index (χ4n) is 2.72. The van der Waals surface area contributed by atoms with Gasteiger partial charge in [-0.15, -0.1) is 0 Å². The van der Waals surface area contributed by atoms with Crippen LogP contribution in [0.3, 0.4) is 0 Å². The molecule has 1 aromatic carbocycles. The number of benzene rings is 1. The number of hydrogen-bond acceptors (Lipinski definition) is 4. The molecule has 0 aliphatic carbocycles. The van der Waals surface area contributed by atoms with E-state index in [2.05, 4.69) is 26.1 Å². The average Bonchev–Trinajstić information content (AvgIpc) is 3.23. The number of amides is 1. The molecule has 0 aliphatic rings. The van der Waals surface area contributed by atoms with Crippen molar-refractivity contribution in [1.82, 2.24) is 9.78 Å². The van der Waals surface area contributed by atoms with Crippen LogP contribution >= 0.6 is 0 Å². The van der Waals surface area contributed by atoms with E-state index in [9.17, 15) is 4.79 Å². The molecule has 1 amide bonds. The zero-order valence-corrected chi connectivity index (χ0v) is 16.4. The Morgan fingerprint density at radius 3 is 2.63 bits per heavy atom. The normalized spacial score (nSPS) is 11.6. The monoisotopic (exact) mass is 367 g/mol. The van der Waals surface area contributed by atoms with E-state index in [0.717, 1.165) is 16.9 Å². The van der Waals surface area contributed by atoms with Crippen molar-refractivity contribution < 1.29 is 13.9 Å². The number of aromatic nitrogens is 2. The lowest BCUT2D eigenvalue weighted by Crippen LogP contribution is -2.15. The van der Waals surface area contributed by atoms with Crippen molar-refractivity contribution in [1.29, 1.82) is 0 Å². The van der Waals surface area contributed by atoms with Gasteiger partial charge in [-0.3, -0.25) is 4.79 Å². The zero-order valence-electron chi connectivity index (χ0n) is 16.4. The smallest absolute Gasteiger partial charge is 0.292 e. The van der Waals surface area contributed by atoms with Gasteiger partial charge in [0.15, 0.2) is 5.76 Å². The number of furan rings is 1. The molecule has 27 heavy (non-hydrogen) atoms. The molecule has 2 aromatic heterocycles. The van der Waals surface area contributed by atoms with Crippen LogP contribution in [0.2, 0.25) is 0 Å². The van der Waals surface area contributed by atoms with E-state index in [4.69, 9.17) is 14.3 Å². The van der Waals surface area contributed by atoms with Crippen molar-refractivity contribution in [2.45, 2.75) is 39.7 Å². The lowest BCUT2D eigenvalue weighted by Gasteiger charge is -2.14. The summed E-state index contributed by atoms with van der Waals surface area (Å²) in [5.74, 6) is 1.11. The van der Waals surface area contributed by atoms with Gasteiger partial charge in [0, 0.05) is 18.6 Å². The van der Waals surface area contributed by atoms with Crippen LogP contribution in [0.4, 0.5) is 5.82 Å². The Morgan fingerprint density at radius 2 is 1.96 bits per heavy atom. The number of aryl methyl sites for hydroxylation is 1. The van der Waals surface area contributed by atoms with Gasteiger partial charge in [0.1, 0.15) is 18.2 Å². The minimum absolute atomic E-state index is 0.149. The number of methoxy groups -OCH3 is 1. The van der Waals surface area contributed by atoms with Crippen LogP contribution in [0.1, 0.15) is 48.3 Å². The Bertz CT molecular complexity index is 948. The van der Waals surface area contributed by atoms with E-state index in [1.165, 1.54) is 0 Å². The number of carbonyl (C=O) groups excluding carboxylic acids is 1. The van der Waals surface area contributed by atoms with Crippen LogP contribution in [0.15, 0.2) is 46.9 Å². The van der Waals surface area contributed by atoms with Gasteiger partial charge >= 0.3 is 0 Å². The van der Waals surface area contributed by atoms with Crippen LogP contribution in [-0.2, 0) is 16.8 Å². The second-order valence-corrected chi connectivity index (χ2v) is 7.52. The van der Waals surface area contributed by atoms with E-state index in [1.54, 1.807) is 23.9 Å². The van der Waals surface area contributed by atoms with Crippen molar-refractivity contribution >= 4 is 11.7 Å². The molecule has 3 aromatic rings. The molecule has 6 nitrogen and oxygen atoms in total. The van der Waals surface area contributed by atoms with E-state index in [0.29, 0.717) is 18.2 Å². The largest absolute Gasteiger partial charge is 0.453 e. The van der Waals surface area contributed by atoms with Crippen LogP contribution in [0.5, 0.6) is 0 Å². The highest BCUT2D eigenvalue weighted by atomic mass is 16.5. The maximum Gasteiger partial charge on any atom is 0.292 e. The Balaban J connectivity index is 1.97. The average molecular weight is 367 g/mol. The molecule has 0 aliphatic heterocycles. The number of nitrogens with one attached hydrogen (secondary N) is 1. The molecule has 0 atom stereocenters. The summed E-state index contributed by atoms with van der Waals surface area (Å²) >= 11 is 0. The van der Waals surface area contributed by atoms with E-state index >= 15 is 0 Å². The molecule has 0 unspecified atom stereocenters. The predicted octanol–water partition coefficient (Wildman–Crippen LogP) is 4.47. The maximum absolute atomic E-state index is 12.7. The number of para-hydroxylation sites is 1. The molecule has 2 heterocycles. The highest BCUT2D eigenvalue weighted by molar-refractivity contribution is 6.02. The first-order valence-corrected chi connectivity index (χ1v) is 8.85. The molecule has 0 saturated carbocycles. The number of anilines is 1. The van der Waals surface area contributed by atoms with Crippen LogP contribution in [0, 0.1) is 6.92 Å². The minimum atomic E-state index is -0.326. The van der Waals surface area contributed by atoms with Crippen LogP contribution in [-0.4, -0.2) is 22.8 Å². The standard InChI is InChI=1S/C21H25N3O3/c1-14-8-6-7-9-16(14)24-19(12-18(23-24)21(2,3)4)22-20(25)17-11-10-15(27-17)13-26-5/h6-12H,13H2,1-5H3,(H,22,25). The SMILES string of the molecule is COCc1ccc(C(=O)Nc2cc(C(C)(C)C)nn2-c2ccccc2C)o1. The predicted molar refractivity (Wildman–Crippen MR) is 104 cm³/mol. The third-order valence-corrected chi connectivity index (χ3v) is 4.24. The third kappa shape index (κ3) is 4.11. The number of nitrogens with zero attached hydrogens (tertiary/aromatic N) is 2. The maximum atomic E-state index is 12.7. The number of ether oxygens (including phenoxy) is 1. The quantitative estimate of drug-likeness (QED) is 0.722. The van der Waals surface area contributed by atoms with Gasteiger partial charge in [-0.2, -0.15) is 5.10 Å². The number of rotatable bonds is 5. The fourth-order valence-corrected chi connectivity index (χ4v) is 2.72. The summed E-state index contributed by atoms with van der Waals surface area (Å²) in [6.45, 7) is 8.61. The Labute approximate surface area is 159 Å². The molecule has 0 spiro atoms. The lowest BCUT2D eigenvalue weighted by atomic mass is 9.92. The van der Waals surface area contributed by atoms with Gasteiger partial charge in [-0.25, -0.2) is 4.68 Å². The highest BCUT2D eigenvalue weighted by Crippen LogP contribution is 2.27. The van der Waals surface area contributed by atoms with Crippen molar-refractivity contribution in [3.05, 3.63) is 65.2 Å². The zero-order chi connectivity index (χ0) is 19.6. The molecular formula is C21H25N3O3. The van der Waals surface area contributed by atoms with Gasteiger partial charge in [-0.1, -0.05) is 39.0 Å². The first-order chi connectivity index (χ1) is 12.8. The van der Waals surface area contributed by atoms with E-state index in [1.807, 2.05) is 37.3 Å². The summed E-state index contributed by atoms with van der Waals surface area (Å²) in [6, 6.07) is 13.2. The topological polar surface area (TPSA) is 69.3 Å². The fraction of sp³-hybridized carbons (Fsp3) is 0.333. The molecule has 0 bridgehead atoms. The number of hydrogen-bond donors (Lipinski definition) is 1. The molecule has 0 fully saturated rings. The Hall–Kier alpha value is -2.86. The molecule has 0 saturated heterocycles. The van der Waals surface area contributed by atoms with Crippen molar-refractivity contribution in [3.63, 3.8) is 0 Å². The number of carbonyl (C=O) groups is 1. The van der Waals surface area contributed by atoms with Gasteiger partial charge in [0.25, 0.3) is 5.91 Å². The Morgan fingerprint density at radius 1 is 1.22 bits per heavy atom. The van der Waals surface area contributed by atoms with Crippen LogP contribution < -0.4 is 5.32 Å². The van der Waals surface area contributed by atoms with Crippen LogP contribution in [0.25, 0.3) is 5.69 Å². The van der Waals surface area contributed by atoms with Crippen molar-refractivity contribution in [3.8, 4) is 5.69 Å². The van der Waals surface area contributed by atoms with Gasteiger partial charge in [0.05, 0.1) is 11.4 Å². The molecular weight excluding hydrogens is 342 g/mol. The van der Waals surface area contributed by atoms with Crippen molar-refractivity contribution in [2.24, 2.45) is 0 Å². The molecule has 1 N–H and O–H groups in total. The molecule has 0 radical (unpaired) electrons. The van der Waals surface area contributed by atoms with E-state index in [-0.39, 0.29) is 17.1 Å². The van der Waals surface area contributed by atoms with Gasteiger partial charge in [-0.05, 0) is 30.7 Å². The first-order valence-electron chi connectivity index (χ1n) is 8.85. The lowest BCUT2D eigenvalue weighted by molar-refractivity contribution is 0.0987. The minimum Gasteiger partial charge on any atom is -0.453 e. The summed E-state index contributed by atoms with van der Waals surface area (Å²) in [6.07, 6.45) is 0. The van der Waals surface area contributed by atoms with Crippen molar-refractivity contribution in [2.75, 3.05) is 12.4 Å².